The quantitative estimate of drug-likeness (QED) is 0.285. The second-order valence-corrected chi connectivity index (χ2v) is 12.6. The minimum absolute atomic E-state index is 0.112. The van der Waals surface area contributed by atoms with E-state index in [1.165, 1.54) is 12.1 Å². The fourth-order valence-electron chi connectivity index (χ4n) is 8.94. The largest absolute Gasteiger partial charge is 0.369 e. The molecule has 1 aromatic heterocycles. The number of carbonyl (C=O) groups excluding carboxylic acids is 1. The molecule has 3 N–H and O–H groups in total. The van der Waals surface area contributed by atoms with Gasteiger partial charge in [0.25, 0.3) is 0 Å². The SMILES string of the molecule is CC(C)(C(=NC1C2CC3CC1CC(C(N)=O)(C3)C2)NC#N)N1C2CCC1CN(c1cccnc1)CC2. The lowest BCUT2D eigenvalue weighted by Gasteiger charge is -2.58. The number of fused-ring (bicyclic) bond motifs is 2. The van der Waals surface area contributed by atoms with Crippen LogP contribution >= 0.6 is 0 Å². The first-order valence-electron chi connectivity index (χ1n) is 13.8. The summed E-state index contributed by atoms with van der Waals surface area (Å²) in [5.74, 6) is 2.05. The third-order valence-corrected chi connectivity index (χ3v) is 10.2. The maximum atomic E-state index is 12.4. The van der Waals surface area contributed by atoms with Crippen LogP contribution in [0.15, 0.2) is 29.5 Å². The van der Waals surface area contributed by atoms with Crippen LogP contribution in [0, 0.1) is 34.6 Å². The van der Waals surface area contributed by atoms with Gasteiger partial charge in [0.2, 0.25) is 5.91 Å². The molecule has 36 heavy (non-hydrogen) atoms. The number of amides is 1. The molecule has 4 atom stereocenters. The normalized spacial score (nSPS) is 38.0. The van der Waals surface area contributed by atoms with Crippen LogP contribution in [0.1, 0.15) is 65.2 Å². The third-order valence-electron chi connectivity index (χ3n) is 10.2. The molecule has 7 rings (SSSR count). The Bertz CT molecular complexity index is 1060. The first kappa shape index (κ1) is 23.7. The molecule has 6 fully saturated rings. The summed E-state index contributed by atoms with van der Waals surface area (Å²) in [6.45, 7) is 6.45. The smallest absolute Gasteiger partial charge is 0.223 e. The molecule has 8 nitrogen and oxygen atoms in total. The Morgan fingerprint density at radius 1 is 1.22 bits per heavy atom. The number of hydrogen-bond donors (Lipinski definition) is 2. The first-order chi connectivity index (χ1) is 17.3. The summed E-state index contributed by atoms with van der Waals surface area (Å²) in [7, 11) is 0. The van der Waals surface area contributed by atoms with E-state index in [0.717, 1.165) is 63.9 Å². The molecule has 4 unspecified atom stereocenters. The molecule has 0 radical (unpaired) electrons. The van der Waals surface area contributed by atoms with Crippen molar-refractivity contribution in [2.45, 2.75) is 88.9 Å². The van der Waals surface area contributed by atoms with E-state index in [9.17, 15) is 10.1 Å². The monoisotopic (exact) mass is 489 g/mol. The third kappa shape index (κ3) is 3.78. The maximum absolute atomic E-state index is 12.4. The summed E-state index contributed by atoms with van der Waals surface area (Å²) in [4.78, 5) is 27.2. The summed E-state index contributed by atoms with van der Waals surface area (Å²) < 4.78 is 0. The number of aliphatic imine (C=N–C) groups is 1. The Morgan fingerprint density at radius 3 is 2.64 bits per heavy atom. The van der Waals surface area contributed by atoms with Gasteiger partial charge in [-0.2, -0.15) is 5.26 Å². The molecule has 4 saturated carbocycles. The predicted molar refractivity (Wildman–Crippen MR) is 139 cm³/mol. The van der Waals surface area contributed by atoms with Crippen LogP contribution in [0.25, 0.3) is 0 Å². The van der Waals surface area contributed by atoms with Crippen molar-refractivity contribution in [1.82, 2.24) is 15.2 Å². The minimum Gasteiger partial charge on any atom is -0.369 e. The number of amidine groups is 1. The van der Waals surface area contributed by atoms with Gasteiger partial charge in [-0.15, -0.1) is 0 Å². The Morgan fingerprint density at radius 2 is 1.97 bits per heavy atom. The van der Waals surface area contributed by atoms with Crippen molar-refractivity contribution < 1.29 is 4.79 Å². The van der Waals surface area contributed by atoms with Crippen molar-refractivity contribution in [1.29, 1.82) is 5.26 Å². The summed E-state index contributed by atoms with van der Waals surface area (Å²) in [5.41, 5.74) is 6.39. The number of hydrogen-bond acceptors (Lipinski definition) is 6. The van der Waals surface area contributed by atoms with Crippen LogP contribution in [0.4, 0.5) is 5.69 Å². The number of primary amides is 1. The number of nitriles is 1. The molecule has 3 heterocycles. The van der Waals surface area contributed by atoms with Crippen LogP contribution in [0.5, 0.6) is 0 Å². The van der Waals surface area contributed by atoms with Crippen molar-refractivity contribution in [2.75, 3.05) is 18.0 Å². The van der Waals surface area contributed by atoms with Crippen molar-refractivity contribution in [3.05, 3.63) is 24.5 Å². The average molecular weight is 490 g/mol. The van der Waals surface area contributed by atoms with E-state index in [0.29, 0.717) is 29.8 Å². The molecule has 2 aliphatic heterocycles. The van der Waals surface area contributed by atoms with Crippen molar-refractivity contribution >= 4 is 17.4 Å². The van der Waals surface area contributed by atoms with Crippen LogP contribution < -0.4 is 16.0 Å². The van der Waals surface area contributed by atoms with Crippen LogP contribution in [-0.4, -0.2) is 58.4 Å². The lowest BCUT2D eigenvalue weighted by atomic mass is 9.48. The molecule has 1 aromatic rings. The Kier molecular flexibility index (Phi) is 5.75. The van der Waals surface area contributed by atoms with Gasteiger partial charge in [-0.1, -0.05) is 0 Å². The van der Waals surface area contributed by atoms with Gasteiger partial charge in [-0.3, -0.25) is 25.0 Å². The van der Waals surface area contributed by atoms with Gasteiger partial charge in [-0.05, 0) is 95.1 Å². The molecule has 8 heteroatoms. The average Bonchev–Trinajstić information content (AvgIpc) is 3.15. The van der Waals surface area contributed by atoms with E-state index in [4.69, 9.17) is 10.7 Å². The highest BCUT2D eigenvalue weighted by Gasteiger charge is 2.58. The molecule has 192 valence electrons. The molecule has 2 saturated heterocycles. The van der Waals surface area contributed by atoms with Crippen LogP contribution in [0.2, 0.25) is 0 Å². The molecule has 6 bridgehead atoms. The fourth-order valence-corrected chi connectivity index (χ4v) is 8.94. The number of nitrogens with one attached hydrogen (secondary N) is 1. The van der Waals surface area contributed by atoms with Gasteiger partial charge < -0.3 is 10.6 Å². The summed E-state index contributed by atoms with van der Waals surface area (Å²) >= 11 is 0. The molecular weight excluding hydrogens is 450 g/mol. The van der Waals surface area contributed by atoms with Gasteiger partial charge in [0.1, 0.15) is 5.84 Å². The van der Waals surface area contributed by atoms with E-state index in [-0.39, 0.29) is 22.9 Å². The molecule has 1 amide bonds. The van der Waals surface area contributed by atoms with Gasteiger partial charge in [0.15, 0.2) is 6.19 Å². The topological polar surface area (TPSA) is 111 Å². The summed E-state index contributed by atoms with van der Waals surface area (Å²) in [6, 6.07) is 5.19. The molecule has 6 aliphatic rings. The number of anilines is 1. The Hall–Kier alpha value is -2.66. The highest BCUT2D eigenvalue weighted by molar-refractivity contribution is 5.92. The Balaban J connectivity index is 1.28. The number of nitrogens with two attached hydrogens (primary N) is 1. The second kappa shape index (κ2) is 8.72. The fraction of sp³-hybridized carbons (Fsp3) is 0.714. The lowest BCUT2D eigenvalue weighted by molar-refractivity contribution is -0.144. The zero-order valence-corrected chi connectivity index (χ0v) is 21.6. The number of pyridine rings is 1. The number of carbonyl (C=O) groups is 1. The van der Waals surface area contributed by atoms with Crippen LogP contribution in [0.3, 0.4) is 0 Å². The second-order valence-electron chi connectivity index (χ2n) is 12.6. The molecular formula is C28H39N7O. The van der Waals surface area contributed by atoms with Crippen molar-refractivity contribution in [2.24, 2.45) is 33.9 Å². The number of aromatic nitrogens is 1. The Labute approximate surface area is 214 Å². The lowest BCUT2D eigenvalue weighted by Crippen LogP contribution is -2.61. The highest BCUT2D eigenvalue weighted by atomic mass is 16.1. The van der Waals surface area contributed by atoms with E-state index in [1.807, 2.05) is 18.5 Å². The van der Waals surface area contributed by atoms with Crippen LogP contribution in [-0.2, 0) is 4.79 Å². The minimum atomic E-state index is -0.386. The van der Waals surface area contributed by atoms with Gasteiger partial charge in [0.05, 0.1) is 23.5 Å². The van der Waals surface area contributed by atoms with E-state index in [1.54, 1.807) is 0 Å². The maximum Gasteiger partial charge on any atom is 0.223 e. The zero-order valence-electron chi connectivity index (χ0n) is 21.6. The number of nitrogens with zero attached hydrogens (tertiary/aromatic N) is 5. The predicted octanol–water partition coefficient (Wildman–Crippen LogP) is 3.05. The molecule has 0 aromatic carbocycles. The standard InChI is InChI=1S/C28H39N7O/c1-27(2,35-21-5-6-23(35)16-34(9-7-21)22-4-3-8-31-15-22)26(32-17-29)33-24-19-10-18-11-20(24)14-28(12-18,13-19)25(30)36/h3-4,8,15,18-21,23-24H,5-7,9-14,16H2,1-2H3,(H2,30,36)(H,32,33). The van der Waals surface area contributed by atoms with E-state index >= 15 is 0 Å². The van der Waals surface area contributed by atoms with Crippen molar-refractivity contribution in [3.63, 3.8) is 0 Å². The summed E-state index contributed by atoms with van der Waals surface area (Å²) in [5, 5.41) is 12.8. The van der Waals surface area contributed by atoms with Gasteiger partial charge in [-0.25, -0.2) is 0 Å². The van der Waals surface area contributed by atoms with E-state index in [2.05, 4.69) is 46.2 Å². The summed E-state index contributed by atoms with van der Waals surface area (Å²) in [6.07, 6.45) is 14.4. The van der Waals surface area contributed by atoms with Gasteiger partial charge >= 0.3 is 0 Å². The van der Waals surface area contributed by atoms with E-state index < -0.39 is 0 Å². The number of rotatable bonds is 5. The molecule has 4 aliphatic carbocycles. The van der Waals surface area contributed by atoms with Crippen molar-refractivity contribution in [3.8, 4) is 6.19 Å². The first-order valence-corrected chi connectivity index (χ1v) is 13.8. The zero-order chi connectivity index (χ0) is 25.1. The highest BCUT2D eigenvalue weighted by Crippen LogP contribution is 2.60. The molecule has 0 spiro atoms. The van der Waals surface area contributed by atoms with Gasteiger partial charge in [0, 0.05) is 36.8 Å².